The monoisotopic (exact) mass is 290 g/mol. The molecule has 2 aromatic rings. The summed E-state index contributed by atoms with van der Waals surface area (Å²) >= 11 is 0. The van der Waals surface area contributed by atoms with E-state index >= 15 is 0 Å². The number of hydrogen-bond donors (Lipinski definition) is 1. The van der Waals surface area contributed by atoms with Gasteiger partial charge in [0.15, 0.2) is 0 Å². The van der Waals surface area contributed by atoms with Crippen molar-refractivity contribution in [3.8, 4) is 5.75 Å². The molecule has 0 spiro atoms. The van der Waals surface area contributed by atoms with Crippen molar-refractivity contribution < 1.29 is 9.13 Å². The molecule has 1 saturated heterocycles. The van der Waals surface area contributed by atoms with Crippen molar-refractivity contribution in [2.24, 2.45) is 0 Å². The van der Waals surface area contributed by atoms with Gasteiger partial charge < -0.3 is 15.0 Å². The Morgan fingerprint density at radius 3 is 2.86 bits per heavy atom. The van der Waals surface area contributed by atoms with Gasteiger partial charge >= 0.3 is 0 Å². The Labute approximate surface area is 123 Å². The van der Waals surface area contributed by atoms with Crippen LogP contribution in [0.4, 0.5) is 10.1 Å². The van der Waals surface area contributed by atoms with E-state index in [1.54, 1.807) is 16.9 Å². The number of piperazine rings is 1. The molecule has 2 heterocycles. The number of anilines is 1. The lowest BCUT2D eigenvalue weighted by atomic mass is 10.2. The molecule has 1 aliphatic heterocycles. The van der Waals surface area contributed by atoms with Crippen LogP contribution in [-0.2, 0) is 6.54 Å². The standard InChI is InChI=1S/C15H19FN4O/c16-14-12-13(21-11-10-20-7-1-4-18-20)2-3-15(14)19-8-5-17-6-9-19/h1-4,7,12,17H,5-6,8-11H2. The lowest BCUT2D eigenvalue weighted by molar-refractivity contribution is 0.290. The Balaban J connectivity index is 1.58. The first-order chi connectivity index (χ1) is 10.3. The van der Waals surface area contributed by atoms with E-state index in [9.17, 15) is 4.39 Å². The fourth-order valence-electron chi connectivity index (χ4n) is 2.43. The predicted molar refractivity (Wildman–Crippen MR) is 79.2 cm³/mol. The molecule has 1 fully saturated rings. The van der Waals surface area contributed by atoms with Crippen LogP contribution in [0, 0.1) is 5.82 Å². The highest BCUT2D eigenvalue weighted by atomic mass is 19.1. The summed E-state index contributed by atoms with van der Waals surface area (Å²) < 4.78 is 21.5. The molecule has 0 unspecified atom stereocenters. The second kappa shape index (κ2) is 6.58. The molecule has 5 nitrogen and oxygen atoms in total. The van der Waals surface area contributed by atoms with Crippen molar-refractivity contribution in [1.29, 1.82) is 0 Å². The van der Waals surface area contributed by atoms with Gasteiger partial charge in [0, 0.05) is 44.6 Å². The third kappa shape index (κ3) is 3.52. The number of nitrogens with one attached hydrogen (secondary N) is 1. The Morgan fingerprint density at radius 2 is 2.14 bits per heavy atom. The van der Waals surface area contributed by atoms with Gasteiger partial charge in [-0.05, 0) is 18.2 Å². The summed E-state index contributed by atoms with van der Waals surface area (Å²) in [6.07, 6.45) is 3.60. The Hall–Kier alpha value is -2.08. The van der Waals surface area contributed by atoms with E-state index in [0.717, 1.165) is 26.2 Å². The van der Waals surface area contributed by atoms with Gasteiger partial charge in [0.2, 0.25) is 0 Å². The molecule has 1 N–H and O–H groups in total. The molecule has 0 atom stereocenters. The van der Waals surface area contributed by atoms with Gasteiger partial charge in [0.1, 0.15) is 18.2 Å². The number of aromatic nitrogens is 2. The van der Waals surface area contributed by atoms with Gasteiger partial charge in [-0.15, -0.1) is 0 Å². The van der Waals surface area contributed by atoms with E-state index < -0.39 is 0 Å². The van der Waals surface area contributed by atoms with Gasteiger partial charge in [-0.25, -0.2) is 4.39 Å². The molecule has 112 valence electrons. The van der Waals surface area contributed by atoms with Crippen LogP contribution in [0.1, 0.15) is 0 Å². The Kier molecular flexibility index (Phi) is 4.35. The van der Waals surface area contributed by atoms with Crippen molar-refractivity contribution in [1.82, 2.24) is 15.1 Å². The minimum Gasteiger partial charge on any atom is -0.492 e. The third-order valence-corrected chi connectivity index (χ3v) is 3.53. The highest BCUT2D eigenvalue weighted by Crippen LogP contribution is 2.24. The maximum Gasteiger partial charge on any atom is 0.150 e. The lowest BCUT2D eigenvalue weighted by Crippen LogP contribution is -2.43. The average Bonchev–Trinajstić information content (AvgIpc) is 3.02. The maximum absolute atomic E-state index is 14.2. The molecule has 1 aliphatic rings. The molecule has 1 aromatic carbocycles. The van der Waals surface area contributed by atoms with Crippen molar-refractivity contribution >= 4 is 5.69 Å². The van der Waals surface area contributed by atoms with Crippen LogP contribution < -0.4 is 15.0 Å². The highest BCUT2D eigenvalue weighted by molar-refractivity contribution is 5.51. The van der Waals surface area contributed by atoms with Gasteiger partial charge in [0.05, 0.1) is 12.2 Å². The SMILES string of the molecule is Fc1cc(OCCn2cccn2)ccc1N1CCNCC1. The lowest BCUT2D eigenvalue weighted by Gasteiger charge is -2.29. The largest absolute Gasteiger partial charge is 0.492 e. The van der Waals surface area contributed by atoms with Crippen LogP contribution in [0.5, 0.6) is 5.75 Å². The molecule has 1 aromatic heterocycles. The molecule has 0 aliphatic carbocycles. The van der Waals surface area contributed by atoms with E-state index in [4.69, 9.17) is 4.74 Å². The fraction of sp³-hybridized carbons (Fsp3) is 0.400. The minimum atomic E-state index is -0.228. The predicted octanol–water partition coefficient (Wildman–Crippen LogP) is 1.51. The van der Waals surface area contributed by atoms with Crippen molar-refractivity contribution in [3.05, 3.63) is 42.5 Å². The maximum atomic E-state index is 14.2. The van der Waals surface area contributed by atoms with E-state index in [-0.39, 0.29) is 5.82 Å². The van der Waals surface area contributed by atoms with Crippen molar-refractivity contribution in [3.63, 3.8) is 0 Å². The van der Waals surface area contributed by atoms with Crippen molar-refractivity contribution in [2.45, 2.75) is 6.54 Å². The molecule has 0 saturated carbocycles. The summed E-state index contributed by atoms with van der Waals surface area (Å²) in [7, 11) is 0. The van der Waals surface area contributed by atoms with Crippen LogP contribution in [0.2, 0.25) is 0 Å². The number of benzene rings is 1. The first kappa shape index (κ1) is 13.9. The smallest absolute Gasteiger partial charge is 0.150 e. The summed E-state index contributed by atoms with van der Waals surface area (Å²) in [6.45, 7) is 4.55. The summed E-state index contributed by atoms with van der Waals surface area (Å²) in [5.41, 5.74) is 0.649. The highest BCUT2D eigenvalue weighted by Gasteiger charge is 2.14. The summed E-state index contributed by atoms with van der Waals surface area (Å²) in [4.78, 5) is 2.05. The summed E-state index contributed by atoms with van der Waals surface area (Å²) in [5, 5.41) is 7.35. The van der Waals surface area contributed by atoms with Crippen LogP contribution in [0.3, 0.4) is 0 Å². The number of rotatable bonds is 5. The normalized spacial score (nSPS) is 15.2. The molecule has 6 heteroatoms. The van der Waals surface area contributed by atoms with E-state index in [2.05, 4.69) is 15.3 Å². The first-order valence-electron chi connectivity index (χ1n) is 7.18. The second-order valence-electron chi connectivity index (χ2n) is 4.97. The minimum absolute atomic E-state index is 0.228. The number of ether oxygens (including phenoxy) is 1. The zero-order valence-electron chi connectivity index (χ0n) is 11.8. The topological polar surface area (TPSA) is 42.3 Å². The van der Waals surface area contributed by atoms with E-state index in [1.165, 1.54) is 6.07 Å². The third-order valence-electron chi connectivity index (χ3n) is 3.53. The second-order valence-corrected chi connectivity index (χ2v) is 4.97. The fourth-order valence-corrected chi connectivity index (χ4v) is 2.43. The van der Waals surface area contributed by atoms with Gasteiger partial charge in [-0.2, -0.15) is 5.10 Å². The summed E-state index contributed by atoms with van der Waals surface area (Å²) in [6, 6.07) is 6.94. The number of halogens is 1. The molecule has 0 radical (unpaired) electrons. The Bertz CT molecular complexity index is 567. The molecule has 21 heavy (non-hydrogen) atoms. The van der Waals surface area contributed by atoms with Gasteiger partial charge in [-0.1, -0.05) is 0 Å². The zero-order chi connectivity index (χ0) is 14.5. The van der Waals surface area contributed by atoms with Crippen LogP contribution in [0.15, 0.2) is 36.7 Å². The molecule has 3 rings (SSSR count). The van der Waals surface area contributed by atoms with E-state index in [1.807, 2.05) is 18.3 Å². The van der Waals surface area contributed by atoms with Gasteiger partial charge in [0.25, 0.3) is 0 Å². The number of nitrogens with zero attached hydrogens (tertiary/aromatic N) is 3. The molecular formula is C15H19FN4O. The van der Waals surface area contributed by atoms with Crippen LogP contribution in [-0.4, -0.2) is 42.6 Å². The summed E-state index contributed by atoms with van der Waals surface area (Å²) in [5.74, 6) is 0.326. The Morgan fingerprint density at radius 1 is 1.29 bits per heavy atom. The first-order valence-corrected chi connectivity index (χ1v) is 7.18. The zero-order valence-corrected chi connectivity index (χ0v) is 11.8. The van der Waals surface area contributed by atoms with Crippen LogP contribution >= 0.6 is 0 Å². The van der Waals surface area contributed by atoms with E-state index in [0.29, 0.717) is 24.6 Å². The average molecular weight is 290 g/mol. The van der Waals surface area contributed by atoms with Gasteiger partial charge in [-0.3, -0.25) is 4.68 Å². The van der Waals surface area contributed by atoms with Crippen molar-refractivity contribution in [2.75, 3.05) is 37.7 Å². The quantitative estimate of drug-likeness (QED) is 0.906. The number of hydrogen-bond acceptors (Lipinski definition) is 4. The molecule has 0 bridgehead atoms. The molecule has 0 amide bonds. The molecular weight excluding hydrogens is 271 g/mol. The van der Waals surface area contributed by atoms with Crippen LogP contribution in [0.25, 0.3) is 0 Å².